The Hall–Kier alpha value is -1.38. The molecule has 0 aromatic heterocycles. The standard InChI is InChI=1S/C17H28O3/c1-6-7-8-9-10-17(2,3)14-11-13(19-4)12-15(20-5)16(14)18/h11-12,18H,6-10H2,1-5H3. The molecular weight excluding hydrogens is 252 g/mol. The van der Waals surface area contributed by atoms with Crippen LogP contribution in [-0.2, 0) is 5.41 Å². The molecule has 0 saturated carbocycles. The Morgan fingerprint density at radius 1 is 1.05 bits per heavy atom. The normalized spacial score (nSPS) is 11.4. The van der Waals surface area contributed by atoms with Gasteiger partial charge in [-0.3, -0.25) is 0 Å². The lowest BCUT2D eigenvalue weighted by Gasteiger charge is -2.27. The second-order valence-corrected chi connectivity index (χ2v) is 5.92. The Balaban J connectivity index is 2.97. The van der Waals surface area contributed by atoms with Crippen LogP contribution in [0.3, 0.4) is 0 Å². The minimum absolute atomic E-state index is 0.0976. The van der Waals surface area contributed by atoms with E-state index < -0.39 is 0 Å². The van der Waals surface area contributed by atoms with E-state index in [1.807, 2.05) is 6.07 Å². The van der Waals surface area contributed by atoms with Crippen molar-refractivity contribution in [3.8, 4) is 17.2 Å². The lowest BCUT2D eigenvalue weighted by molar-refractivity contribution is 0.347. The van der Waals surface area contributed by atoms with Gasteiger partial charge in [0.2, 0.25) is 0 Å². The second-order valence-electron chi connectivity index (χ2n) is 5.92. The fourth-order valence-electron chi connectivity index (χ4n) is 2.50. The summed E-state index contributed by atoms with van der Waals surface area (Å²) in [7, 11) is 3.19. The molecule has 3 nitrogen and oxygen atoms in total. The summed E-state index contributed by atoms with van der Waals surface area (Å²) in [6.07, 6.45) is 5.95. The monoisotopic (exact) mass is 280 g/mol. The van der Waals surface area contributed by atoms with Gasteiger partial charge in [0.15, 0.2) is 11.5 Å². The molecule has 0 amide bonds. The summed E-state index contributed by atoms with van der Waals surface area (Å²) in [5, 5.41) is 10.4. The number of unbranched alkanes of at least 4 members (excludes halogenated alkanes) is 3. The first-order valence-corrected chi connectivity index (χ1v) is 7.41. The summed E-state index contributed by atoms with van der Waals surface area (Å²) in [5.41, 5.74) is 0.796. The van der Waals surface area contributed by atoms with Crippen molar-refractivity contribution in [3.05, 3.63) is 17.7 Å². The van der Waals surface area contributed by atoms with Gasteiger partial charge in [0.1, 0.15) is 5.75 Å². The van der Waals surface area contributed by atoms with Crippen molar-refractivity contribution < 1.29 is 14.6 Å². The zero-order valence-electron chi connectivity index (χ0n) is 13.5. The molecule has 0 heterocycles. The van der Waals surface area contributed by atoms with E-state index >= 15 is 0 Å². The predicted octanol–water partition coefficient (Wildman–Crippen LogP) is 4.66. The van der Waals surface area contributed by atoms with Gasteiger partial charge >= 0.3 is 0 Å². The van der Waals surface area contributed by atoms with E-state index in [-0.39, 0.29) is 11.2 Å². The minimum Gasteiger partial charge on any atom is -0.504 e. The number of hydrogen-bond acceptors (Lipinski definition) is 3. The topological polar surface area (TPSA) is 38.7 Å². The summed E-state index contributed by atoms with van der Waals surface area (Å²) < 4.78 is 10.5. The Labute approximate surface area is 122 Å². The number of phenols is 1. The third-order valence-corrected chi connectivity index (χ3v) is 3.89. The predicted molar refractivity (Wildman–Crippen MR) is 83.0 cm³/mol. The van der Waals surface area contributed by atoms with E-state index in [4.69, 9.17) is 9.47 Å². The molecule has 0 radical (unpaired) electrons. The second kappa shape index (κ2) is 7.41. The number of benzene rings is 1. The van der Waals surface area contributed by atoms with Crippen molar-refractivity contribution in [2.45, 2.75) is 58.3 Å². The van der Waals surface area contributed by atoms with Gasteiger partial charge in [-0.1, -0.05) is 46.5 Å². The molecule has 0 saturated heterocycles. The van der Waals surface area contributed by atoms with Crippen molar-refractivity contribution >= 4 is 0 Å². The average Bonchev–Trinajstić information content (AvgIpc) is 2.43. The zero-order valence-corrected chi connectivity index (χ0v) is 13.5. The van der Waals surface area contributed by atoms with Crippen LogP contribution >= 0.6 is 0 Å². The van der Waals surface area contributed by atoms with Crippen molar-refractivity contribution in [1.82, 2.24) is 0 Å². The maximum Gasteiger partial charge on any atom is 0.164 e. The van der Waals surface area contributed by atoms with E-state index in [2.05, 4.69) is 20.8 Å². The van der Waals surface area contributed by atoms with Crippen LogP contribution in [0.25, 0.3) is 0 Å². The number of phenolic OH excluding ortho intramolecular Hbond substituents is 1. The molecule has 1 aromatic rings. The van der Waals surface area contributed by atoms with Gasteiger partial charge in [-0.2, -0.15) is 0 Å². The van der Waals surface area contributed by atoms with E-state index in [0.717, 1.165) is 17.7 Å². The largest absolute Gasteiger partial charge is 0.504 e. The van der Waals surface area contributed by atoms with Crippen LogP contribution < -0.4 is 9.47 Å². The van der Waals surface area contributed by atoms with Crippen molar-refractivity contribution in [1.29, 1.82) is 0 Å². The number of methoxy groups -OCH3 is 2. The Bertz CT molecular complexity index is 424. The van der Waals surface area contributed by atoms with Gasteiger partial charge in [-0.05, 0) is 17.9 Å². The van der Waals surface area contributed by atoms with Gasteiger partial charge in [0, 0.05) is 11.6 Å². The number of ether oxygens (including phenoxy) is 2. The first-order valence-electron chi connectivity index (χ1n) is 7.41. The highest BCUT2D eigenvalue weighted by molar-refractivity contribution is 5.53. The third-order valence-electron chi connectivity index (χ3n) is 3.89. The van der Waals surface area contributed by atoms with Gasteiger partial charge in [0.25, 0.3) is 0 Å². The Morgan fingerprint density at radius 2 is 1.75 bits per heavy atom. The molecule has 0 unspecified atom stereocenters. The molecule has 1 aromatic carbocycles. The highest BCUT2D eigenvalue weighted by Gasteiger charge is 2.26. The molecule has 20 heavy (non-hydrogen) atoms. The molecule has 114 valence electrons. The summed E-state index contributed by atoms with van der Waals surface area (Å²) in [6.45, 7) is 6.53. The number of aromatic hydroxyl groups is 1. The van der Waals surface area contributed by atoms with Crippen LogP contribution in [0, 0.1) is 0 Å². The Morgan fingerprint density at radius 3 is 2.30 bits per heavy atom. The maximum absolute atomic E-state index is 10.4. The van der Waals surface area contributed by atoms with Crippen LogP contribution in [0.4, 0.5) is 0 Å². The van der Waals surface area contributed by atoms with Crippen LogP contribution in [0.1, 0.15) is 58.4 Å². The fourth-order valence-corrected chi connectivity index (χ4v) is 2.50. The van der Waals surface area contributed by atoms with Crippen LogP contribution in [0.2, 0.25) is 0 Å². The molecule has 1 rings (SSSR count). The minimum atomic E-state index is -0.0976. The lowest BCUT2D eigenvalue weighted by atomic mass is 9.79. The van der Waals surface area contributed by atoms with Crippen LogP contribution in [0.15, 0.2) is 12.1 Å². The SMILES string of the molecule is CCCCCCC(C)(C)c1cc(OC)cc(OC)c1O. The lowest BCUT2D eigenvalue weighted by Crippen LogP contribution is -2.17. The summed E-state index contributed by atoms with van der Waals surface area (Å²) in [6, 6.07) is 3.63. The van der Waals surface area contributed by atoms with E-state index in [0.29, 0.717) is 5.75 Å². The average molecular weight is 280 g/mol. The fraction of sp³-hybridized carbons (Fsp3) is 0.647. The first kappa shape index (κ1) is 16.7. The number of hydrogen-bond donors (Lipinski definition) is 1. The summed E-state index contributed by atoms with van der Waals surface area (Å²) in [4.78, 5) is 0. The molecule has 0 spiro atoms. The third kappa shape index (κ3) is 4.06. The highest BCUT2D eigenvalue weighted by Crippen LogP contribution is 2.43. The van der Waals surface area contributed by atoms with E-state index in [1.54, 1.807) is 20.3 Å². The molecule has 0 bridgehead atoms. The van der Waals surface area contributed by atoms with Gasteiger partial charge in [-0.25, -0.2) is 0 Å². The molecule has 0 aliphatic heterocycles. The number of rotatable bonds is 8. The maximum atomic E-state index is 10.4. The summed E-state index contributed by atoms with van der Waals surface area (Å²) >= 11 is 0. The summed E-state index contributed by atoms with van der Waals surface area (Å²) in [5.74, 6) is 1.42. The molecule has 0 aliphatic carbocycles. The van der Waals surface area contributed by atoms with E-state index in [1.165, 1.54) is 25.7 Å². The van der Waals surface area contributed by atoms with Crippen molar-refractivity contribution in [2.24, 2.45) is 0 Å². The molecule has 1 N–H and O–H groups in total. The van der Waals surface area contributed by atoms with Crippen molar-refractivity contribution in [3.63, 3.8) is 0 Å². The quantitative estimate of drug-likeness (QED) is 0.704. The smallest absolute Gasteiger partial charge is 0.164 e. The zero-order chi connectivity index (χ0) is 15.2. The van der Waals surface area contributed by atoms with Crippen molar-refractivity contribution in [2.75, 3.05) is 14.2 Å². The van der Waals surface area contributed by atoms with Gasteiger partial charge in [0.05, 0.1) is 14.2 Å². The Kier molecular flexibility index (Phi) is 6.18. The van der Waals surface area contributed by atoms with Crippen LogP contribution in [-0.4, -0.2) is 19.3 Å². The molecule has 0 aliphatic rings. The van der Waals surface area contributed by atoms with Crippen LogP contribution in [0.5, 0.6) is 17.2 Å². The molecule has 0 fully saturated rings. The molecular formula is C17H28O3. The molecule has 0 atom stereocenters. The van der Waals surface area contributed by atoms with E-state index in [9.17, 15) is 5.11 Å². The molecule has 3 heteroatoms. The first-order chi connectivity index (χ1) is 9.46. The van der Waals surface area contributed by atoms with Gasteiger partial charge in [-0.15, -0.1) is 0 Å². The highest BCUT2D eigenvalue weighted by atomic mass is 16.5. The van der Waals surface area contributed by atoms with Gasteiger partial charge < -0.3 is 14.6 Å².